The van der Waals surface area contributed by atoms with Crippen LogP contribution in [0.3, 0.4) is 0 Å². The van der Waals surface area contributed by atoms with Crippen LogP contribution in [0.15, 0.2) is 53.5 Å². The van der Waals surface area contributed by atoms with Gasteiger partial charge in [0.15, 0.2) is 0 Å². The Labute approximate surface area is 203 Å². The fourth-order valence-corrected chi connectivity index (χ4v) is 4.62. The molecular formula is C28H37ClN2O2. The Morgan fingerprint density at radius 3 is 2.39 bits per heavy atom. The number of ether oxygens (including phenoxy) is 1. The molecule has 0 bridgehead atoms. The molecule has 3 aromatic rings. The average molecular weight is 469 g/mol. The van der Waals surface area contributed by atoms with Gasteiger partial charge in [-0.05, 0) is 74.7 Å². The van der Waals surface area contributed by atoms with Crippen molar-refractivity contribution in [3.63, 3.8) is 0 Å². The van der Waals surface area contributed by atoms with Crippen LogP contribution in [0.4, 0.5) is 5.69 Å². The Balaban J connectivity index is 0.000000329. The van der Waals surface area contributed by atoms with Crippen LogP contribution >= 0.6 is 11.6 Å². The van der Waals surface area contributed by atoms with Crippen molar-refractivity contribution in [2.45, 2.75) is 60.0 Å². The molecule has 0 spiro atoms. The van der Waals surface area contributed by atoms with Crippen LogP contribution in [0.25, 0.3) is 16.5 Å². The topological polar surface area (TPSA) is 34.5 Å². The number of hydrogen-bond donors (Lipinski definition) is 0. The van der Waals surface area contributed by atoms with Crippen LogP contribution in [-0.4, -0.2) is 30.4 Å². The number of benzene rings is 2. The van der Waals surface area contributed by atoms with Gasteiger partial charge in [-0.25, -0.2) is 0 Å². The minimum atomic E-state index is -0.0399. The van der Waals surface area contributed by atoms with Gasteiger partial charge in [-0.2, -0.15) is 0 Å². The highest BCUT2D eigenvalue weighted by Gasteiger charge is 2.20. The molecule has 3 heterocycles. The molecule has 2 saturated heterocycles. The molecule has 1 unspecified atom stereocenters. The van der Waals surface area contributed by atoms with Gasteiger partial charge in [0.2, 0.25) is 0 Å². The van der Waals surface area contributed by atoms with E-state index in [1.54, 1.807) is 4.57 Å². The van der Waals surface area contributed by atoms with Crippen molar-refractivity contribution in [1.29, 1.82) is 0 Å². The van der Waals surface area contributed by atoms with Crippen molar-refractivity contribution in [1.82, 2.24) is 4.57 Å². The molecule has 0 N–H and O–H groups in total. The number of fused-ring (bicyclic) bond motifs is 1. The highest BCUT2D eigenvalue weighted by Crippen LogP contribution is 2.29. The van der Waals surface area contributed by atoms with E-state index in [4.69, 9.17) is 16.3 Å². The van der Waals surface area contributed by atoms with Crippen molar-refractivity contribution in [3.8, 4) is 5.69 Å². The van der Waals surface area contributed by atoms with Gasteiger partial charge in [0.05, 0.1) is 16.8 Å². The lowest BCUT2D eigenvalue weighted by Gasteiger charge is -2.19. The second-order valence-electron chi connectivity index (χ2n) is 8.88. The van der Waals surface area contributed by atoms with Crippen LogP contribution in [0, 0.1) is 12.8 Å². The zero-order chi connectivity index (χ0) is 24.0. The maximum absolute atomic E-state index is 12.9. The van der Waals surface area contributed by atoms with E-state index in [0.717, 1.165) is 42.0 Å². The first-order chi connectivity index (χ1) is 15.9. The smallest absolute Gasteiger partial charge is 0.262 e. The summed E-state index contributed by atoms with van der Waals surface area (Å²) in [5, 5.41) is 2.27. The molecule has 33 heavy (non-hydrogen) atoms. The summed E-state index contributed by atoms with van der Waals surface area (Å²) in [4.78, 5) is 15.2. The monoisotopic (exact) mass is 468 g/mol. The minimum absolute atomic E-state index is 0.0399. The normalized spacial score (nSPS) is 19.6. The summed E-state index contributed by atoms with van der Waals surface area (Å²) in [7, 11) is 0. The summed E-state index contributed by atoms with van der Waals surface area (Å²) in [5.41, 5.74) is 2.96. The Bertz CT molecular complexity index is 1120. The third-order valence-corrected chi connectivity index (χ3v) is 6.50. The third kappa shape index (κ3) is 6.18. The Morgan fingerprint density at radius 2 is 1.82 bits per heavy atom. The van der Waals surface area contributed by atoms with Crippen LogP contribution < -0.4 is 10.5 Å². The third-order valence-electron chi connectivity index (χ3n) is 6.20. The van der Waals surface area contributed by atoms with Crippen LogP contribution in [0.5, 0.6) is 0 Å². The standard InChI is InChI=1S/C21H21ClN2O.C5H10O.C2H6/c1-14-3-5-18-16(11-14)8-10-24(21(18)25)20-6-4-17(12-19(20)22)23-9-7-15(2)13-23;1-5-3-2-4-6-5;1-2/h3-6,8,10-12,15H,7,9,13H2,1-2H3;5H,2-4H2,1H3;1-2H3/t;5-;/m.1./s1. The molecule has 5 rings (SSSR count). The number of pyridine rings is 1. The lowest BCUT2D eigenvalue weighted by atomic mass is 10.1. The summed E-state index contributed by atoms with van der Waals surface area (Å²) in [6.45, 7) is 13.5. The average Bonchev–Trinajstić information content (AvgIpc) is 3.47. The maximum Gasteiger partial charge on any atom is 0.262 e. The summed E-state index contributed by atoms with van der Waals surface area (Å²) >= 11 is 6.54. The van der Waals surface area contributed by atoms with E-state index in [-0.39, 0.29) is 5.56 Å². The van der Waals surface area contributed by atoms with Gasteiger partial charge in [0.25, 0.3) is 5.56 Å². The van der Waals surface area contributed by atoms with Crippen LogP contribution in [-0.2, 0) is 4.74 Å². The molecule has 2 aliphatic heterocycles. The second-order valence-corrected chi connectivity index (χ2v) is 9.29. The van der Waals surface area contributed by atoms with Gasteiger partial charge < -0.3 is 9.64 Å². The number of anilines is 1. The molecule has 2 aromatic carbocycles. The molecule has 0 amide bonds. The molecule has 2 aliphatic rings. The lowest BCUT2D eigenvalue weighted by Crippen LogP contribution is -2.20. The first kappa shape index (κ1) is 25.3. The van der Waals surface area contributed by atoms with E-state index in [0.29, 0.717) is 22.4 Å². The number of aromatic nitrogens is 1. The maximum atomic E-state index is 12.9. The zero-order valence-electron chi connectivity index (χ0n) is 20.6. The predicted octanol–water partition coefficient (Wildman–Crippen LogP) is 7.01. The Hall–Kier alpha value is -2.30. The van der Waals surface area contributed by atoms with E-state index in [2.05, 4.69) is 24.8 Å². The lowest BCUT2D eigenvalue weighted by molar-refractivity contribution is 0.125. The number of nitrogens with zero attached hydrogens (tertiary/aromatic N) is 2. The fraction of sp³-hybridized carbons (Fsp3) is 0.464. The van der Waals surface area contributed by atoms with E-state index in [9.17, 15) is 4.79 Å². The number of hydrogen-bond acceptors (Lipinski definition) is 3. The molecule has 178 valence electrons. The first-order valence-electron chi connectivity index (χ1n) is 12.2. The number of rotatable bonds is 2. The predicted molar refractivity (Wildman–Crippen MR) is 141 cm³/mol. The highest BCUT2D eigenvalue weighted by atomic mass is 35.5. The van der Waals surface area contributed by atoms with Crippen LogP contribution in [0.1, 0.15) is 52.5 Å². The summed E-state index contributed by atoms with van der Waals surface area (Å²) in [6, 6.07) is 13.8. The van der Waals surface area contributed by atoms with Gasteiger partial charge in [0.1, 0.15) is 0 Å². The molecule has 2 atom stereocenters. The van der Waals surface area contributed by atoms with Crippen molar-refractivity contribution in [2.75, 3.05) is 24.6 Å². The van der Waals surface area contributed by atoms with E-state index >= 15 is 0 Å². The van der Waals surface area contributed by atoms with Crippen molar-refractivity contribution in [3.05, 3.63) is 69.6 Å². The number of halogens is 1. The van der Waals surface area contributed by atoms with Crippen molar-refractivity contribution < 1.29 is 4.74 Å². The highest BCUT2D eigenvalue weighted by molar-refractivity contribution is 6.32. The van der Waals surface area contributed by atoms with E-state index in [1.807, 2.05) is 63.4 Å². The second kappa shape index (κ2) is 11.7. The molecule has 1 aromatic heterocycles. The van der Waals surface area contributed by atoms with Crippen molar-refractivity contribution >= 4 is 28.1 Å². The molecular weight excluding hydrogens is 432 g/mol. The molecule has 0 saturated carbocycles. The van der Waals surface area contributed by atoms with Crippen molar-refractivity contribution in [2.24, 2.45) is 5.92 Å². The SMILES string of the molecule is CC.C[C@@H]1CCCO1.Cc1ccc2c(=O)n(-c3ccc(N4CCC(C)C4)cc3Cl)ccc2c1. The molecule has 4 nitrogen and oxygen atoms in total. The van der Waals surface area contributed by atoms with Gasteiger partial charge in [-0.15, -0.1) is 0 Å². The molecule has 2 fully saturated rings. The molecule has 0 radical (unpaired) electrons. The summed E-state index contributed by atoms with van der Waals surface area (Å²) < 4.78 is 6.79. The van der Waals surface area contributed by atoms with E-state index in [1.165, 1.54) is 19.3 Å². The quantitative estimate of drug-likeness (QED) is 0.405. The Morgan fingerprint density at radius 1 is 1.03 bits per heavy atom. The fourth-order valence-electron chi connectivity index (χ4n) is 4.35. The summed E-state index contributed by atoms with van der Waals surface area (Å²) in [6.07, 6.45) is 6.09. The first-order valence-corrected chi connectivity index (χ1v) is 12.6. The number of aryl methyl sites for hydroxylation is 1. The van der Waals surface area contributed by atoms with Gasteiger partial charge >= 0.3 is 0 Å². The van der Waals surface area contributed by atoms with E-state index < -0.39 is 0 Å². The zero-order valence-corrected chi connectivity index (χ0v) is 21.4. The molecule has 0 aliphatic carbocycles. The molecule has 5 heteroatoms. The van der Waals surface area contributed by atoms with Gasteiger partial charge in [-0.1, -0.05) is 50.1 Å². The Kier molecular flexibility index (Phi) is 8.99. The summed E-state index contributed by atoms with van der Waals surface area (Å²) in [5.74, 6) is 0.713. The largest absolute Gasteiger partial charge is 0.379 e. The van der Waals surface area contributed by atoms with Gasteiger partial charge in [-0.3, -0.25) is 9.36 Å². The van der Waals surface area contributed by atoms with Gasteiger partial charge in [0, 0.05) is 37.0 Å². The minimum Gasteiger partial charge on any atom is -0.379 e. The van der Waals surface area contributed by atoms with Crippen LogP contribution in [0.2, 0.25) is 5.02 Å².